The summed E-state index contributed by atoms with van der Waals surface area (Å²) in [5.74, 6) is -1.26. The molecule has 1 amide bonds. The highest BCUT2D eigenvalue weighted by molar-refractivity contribution is 6.10. The van der Waals surface area contributed by atoms with Crippen LogP contribution in [0.2, 0.25) is 0 Å². The molecule has 0 bridgehead atoms. The zero-order chi connectivity index (χ0) is 24.9. The van der Waals surface area contributed by atoms with E-state index in [1.165, 1.54) is 53.0 Å². The average Bonchev–Trinajstić information content (AvgIpc) is 2.86. The van der Waals surface area contributed by atoms with Gasteiger partial charge in [-0.3, -0.25) is 19.4 Å². The molecule has 1 N–H and O–H groups in total. The largest absolute Gasteiger partial charge is 0.352 e. The van der Waals surface area contributed by atoms with Crippen LogP contribution >= 0.6 is 0 Å². The molecular formula is C28H26FN3O3. The molecule has 0 fully saturated rings. The number of fused-ring (bicyclic) bond motifs is 1. The maximum absolute atomic E-state index is 14.4. The van der Waals surface area contributed by atoms with Crippen LogP contribution in [-0.2, 0) is 17.8 Å². The second kappa shape index (κ2) is 10.4. The van der Waals surface area contributed by atoms with E-state index < -0.39 is 17.0 Å². The van der Waals surface area contributed by atoms with Gasteiger partial charge in [-0.25, -0.2) is 4.39 Å². The number of aromatic nitrogens is 2. The molecule has 0 aliphatic carbocycles. The Morgan fingerprint density at radius 3 is 2.51 bits per heavy atom. The van der Waals surface area contributed by atoms with Crippen LogP contribution in [-0.4, -0.2) is 27.3 Å². The summed E-state index contributed by atoms with van der Waals surface area (Å²) in [4.78, 5) is 43.0. The topological polar surface area (TPSA) is 81.1 Å². The summed E-state index contributed by atoms with van der Waals surface area (Å²) in [7, 11) is 0. The first-order valence-corrected chi connectivity index (χ1v) is 11.4. The average molecular weight is 472 g/mol. The van der Waals surface area contributed by atoms with E-state index >= 15 is 0 Å². The van der Waals surface area contributed by atoms with Crippen molar-refractivity contribution in [3.63, 3.8) is 0 Å². The molecule has 4 rings (SSSR count). The van der Waals surface area contributed by atoms with Gasteiger partial charge in [-0.1, -0.05) is 30.3 Å². The third-order valence-corrected chi connectivity index (χ3v) is 5.98. The number of ketones is 1. The van der Waals surface area contributed by atoms with Gasteiger partial charge >= 0.3 is 0 Å². The maximum Gasteiger partial charge on any atom is 0.240 e. The van der Waals surface area contributed by atoms with E-state index in [1.807, 2.05) is 37.3 Å². The summed E-state index contributed by atoms with van der Waals surface area (Å²) < 4.78 is 15.9. The SMILES string of the molecule is Cc1cc2c(=O)c(C(=O)c3ccncc3)cn(CC(=O)N[C@H](C)CCc3ccccc3)c2cc1F. The molecule has 6 nitrogen and oxygen atoms in total. The van der Waals surface area contributed by atoms with E-state index in [0.717, 1.165) is 12.8 Å². The van der Waals surface area contributed by atoms with Crippen molar-refractivity contribution in [1.82, 2.24) is 14.9 Å². The van der Waals surface area contributed by atoms with Crippen LogP contribution in [0.15, 0.2) is 78.0 Å². The fourth-order valence-electron chi connectivity index (χ4n) is 4.05. The minimum Gasteiger partial charge on any atom is -0.352 e. The Labute approximate surface area is 202 Å². The Morgan fingerprint density at radius 2 is 1.80 bits per heavy atom. The Kier molecular flexibility index (Phi) is 7.15. The van der Waals surface area contributed by atoms with Gasteiger partial charge in [0.1, 0.15) is 12.4 Å². The predicted molar refractivity (Wildman–Crippen MR) is 133 cm³/mol. The van der Waals surface area contributed by atoms with E-state index in [9.17, 15) is 18.8 Å². The first-order valence-electron chi connectivity index (χ1n) is 11.4. The molecule has 178 valence electrons. The minimum atomic E-state index is -0.502. The number of rotatable bonds is 8. The number of hydrogen-bond donors (Lipinski definition) is 1. The van der Waals surface area contributed by atoms with Crippen LogP contribution in [0.3, 0.4) is 0 Å². The standard InChI is InChI=1S/C28H26FN3O3/c1-18-14-22-25(15-24(18)29)32(16-23(28(22)35)27(34)21-10-12-30-13-11-21)17-26(33)31-19(2)8-9-20-6-4-3-5-7-20/h3-7,10-16,19H,8-9,17H2,1-2H3,(H,31,33)/t19-/m1/s1. The van der Waals surface area contributed by atoms with Crippen molar-refractivity contribution in [2.45, 2.75) is 39.3 Å². The number of nitrogens with zero attached hydrogens (tertiary/aromatic N) is 2. The molecule has 0 aliphatic rings. The summed E-state index contributed by atoms with van der Waals surface area (Å²) in [5.41, 5.74) is 1.45. The van der Waals surface area contributed by atoms with Crippen LogP contribution < -0.4 is 10.7 Å². The van der Waals surface area contributed by atoms with Crippen molar-refractivity contribution < 1.29 is 14.0 Å². The first-order chi connectivity index (χ1) is 16.8. The lowest BCUT2D eigenvalue weighted by Crippen LogP contribution is -2.36. The van der Waals surface area contributed by atoms with E-state index in [-0.39, 0.29) is 40.5 Å². The maximum atomic E-state index is 14.4. The van der Waals surface area contributed by atoms with Gasteiger partial charge in [0.2, 0.25) is 11.3 Å². The summed E-state index contributed by atoms with van der Waals surface area (Å²) in [6.07, 6.45) is 5.85. The van der Waals surface area contributed by atoms with E-state index in [1.54, 1.807) is 6.92 Å². The monoisotopic (exact) mass is 471 g/mol. The van der Waals surface area contributed by atoms with Gasteiger partial charge in [-0.2, -0.15) is 0 Å². The van der Waals surface area contributed by atoms with E-state index in [4.69, 9.17) is 0 Å². The van der Waals surface area contributed by atoms with Gasteiger partial charge in [0.05, 0.1) is 11.1 Å². The molecule has 2 aromatic heterocycles. The van der Waals surface area contributed by atoms with Crippen LogP contribution in [0, 0.1) is 12.7 Å². The molecule has 0 saturated heterocycles. The fraction of sp³-hybridized carbons (Fsp3) is 0.214. The third-order valence-electron chi connectivity index (χ3n) is 5.98. The summed E-state index contributed by atoms with van der Waals surface area (Å²) in [5, 5.41) is 3.15. The lowest BCUT2D eigenvalue weighted by atomic mass is 10.0. The van der Waals surface area contributed by atoms with Gasteiger partial charge in [0.25, 0.3) is 0 Å². The number of pyridine rings is 2. The highest BCUT2D eigenvalue weighted by Crippen LogP contribution is 2.19. The molecular weight excluding hydrogens is 445 g/mol. The van der Waals surface area contributed by atoms with Gasteiger partial charge in [0.15, 0.2) is 5.78 Å². The number of halogens is 1. The van der Waals surface area contributed by atoms with Crippen molar-refractivity contribution in [2.24, 2.45) is 0 Å². The Bertz CT molecular complexity index is 1430. The molecule has 2 aromatic carbocycles. The summed E-state index contributed by atoms with van der Waals surface area (Å²) in [6.45, 7) is 3.31. The number of hydrogen-bond acceptors (Lipinski definition) is 4. The molecule has 4 aromatic rings. The zero-order valence-electron chi connectivity index (χ0n) is 19.6. The van der Waals surface area contributed by atoms with Crippen LogP contribution in [0.5, 0.6) is 0 Å². The molecule has 2 heterocycles. The third kappa shape index (κ3) is 5.51. The first kappa shape index (κ1) is 24.0. The smallest absolute Gasteiger partial charge is 0.240 e. The van der Waals surface area contributed by atoms with Crippen LogP contribution in [0.1, 0.15) is 40.4 Å². The zero-order valence-corrected chi connectivity index (χ0v) is 19.6. The fourth-order valence-corrected chi connectivity index (χ4v) is 4.05. The van der Waals surface area contributed by atoms with E-state index in [2.05, 4.69) is 10.3 Å². The Balaban J connectivity index is 1.62. The number of carbonyl (C=O) groups is 2. The molecule has 35 heavy (non-hydrogen) atoms. The predicted octanol–water partition coefficient (Wildman–Crippen LogP) is 4.21. The number of amides is 1. The normalized spacial score (nSPS) is 11.9. The van der Waals surface area contributed by atoms with Crippen molar-refractivity contribution in [3.8, 4) is 0 Å². The molecule has 7 heteroatoms. The van der Waals surface area contributed by atoms with E-state index in [0.29, 0.717) is 5.56 Å². The van der Waals surface area contributed by atoms with Crippen LogP contribution in [0.25, 0.3) is 10.9 Å². The summed E-state index contributed by atoms with van der Waals surface area (Å²) in [6, 6.07) is 15.6. The minimum absolute atomic E-state index is 0.0837. The second-order valence-corrected chi connectivity index (χ2v) is 8.68. The highest BCUT2D eigenvalue weighted by atomic mass is 19.1. The van der Waals surface area contributed by atoms with Crippen molar-refractivity contribution >= 4 is 22.6 Å². The van der Waals surface area contributed by atoms with Gasteiger partial charge in [-0.05, 0) is 62.1 Å². The molecule has 0 radical (unpaired) electrons. The Hall–Kier alpha value is -4.13. The molecule has 0 saturated carbocycles. The molecule has 0 aliphatic heterocycles. The number of nitrogens with one attached hydrogen (secondary N) is 1. The lowest BCUT2D eigenvalue weighted by Gasteiger charge is -2.17. The molecule has 0 unspecified atom stereocenters. The molecule has 1 atom stereocenters. The van der Waals surface area contributed by atoms with Crippen molar-refractivity contribution in [2.75, 3.05) is 0 Å². The molecule has 0 spiro atoms. The van der Waals surface area contributed by atoms with Crippen LogP contribution in [0.4, 0.5) is 4.39 Å². The number of benzene rings is 2. The van der Waals surface area contributed by atoms with Crippen molar-refractivity contribution in [1.29, 1.82) is 0 Å². The summed E-state index contributed by atoms with van der Waals surface area (Å²) >= 11 is 0. The number of aryl methyl sites for hydroxylation is 2. The Morgan fingerprint density at radius 1 is 1.09 bits per heavy atom. The lowest BCUT2D eigenvalue weighted by molar-refractivity contribution is -0.122. The van der Waals surface area contributed by atoms with Crippen molar-refractivity contribution in [3.05, 3.63) is 111 Å². The second-order valence-electron chi connectivity index (χ2n) is 8.68. The number of carbonyl (C=O) groups excluding carboxylic acids is 2. The van der Waals surface area contributed by atoms with Gasteiger partial charge in [-0.15, -0.1) is 0 Å². The van der Waals surface area contributed by atoms with Gasteiger partial charge in [0, 0.05) is 35.6 Å². The van der Waals surface area contributed by atoms with Gasteiger partial charge < -0.3 is 9.88 Å². The quantitative estimate of drug-likeness (QED) is 0.391. The highest BCUT2D eigenvalue weighted by Gasteiger charge is 2.19.